The Morgan fingerprint density at radius 3 is 2.68 bits per heavy atom. The minimum absolute atomic E-state index is 0.0896. The Balaban J connectivity index is 0.00000109. The lowest BCUT2D eigenvalue weighted by molar-refractivity contribution is -0.116. The third kappa shape index (κ3) is 4.35. The second kappa shape index (κ2) is 9.19. The van der Waals surface area contributed by atoms with E-state index >= 15 is 0 Å². The Labute approximate surface area is 177 Å². The Kier molecular flexibility index (Phi) is 6.67. The fourth-order valence-corrected chi connectivity index (χ4v) is 3.66. The fourth-order valence-electron chi connectivity index (χ4n) is 2.68. The van der Waals surface area contributed by atoms with Crippen molar-refractivity contribution in [1.82, 2.24) is 14.5 Å². The van der Waals surface area contributed by atoms with E-state index < -0.39 is 0 Å². The van der Waals surface area contributed by atoms with Crippen LogP contribution in [0.4, 0.5) is 5.69 Å². The van der Waals surface area contributed by atoms with Gasteiger partial charge in [-0.15, -0.1) is 11.3 Å². The number of imidazole rings is 1. The van der Waals surface area contributed by atoms with Gasteiger partial charge in [-0.2, -0.15) is 0 Å². The molecule has 4 rings (SSSR count). The highest BCUT2D eigenvalue weighted by Gasteiger charge is 2.17. The van der Waals surface area contributed by atoms with Crippen LogP contribution in [-0.2, 0) is 11.3 Å². The summed E-state index contributed by atoms with van der Waals surface area (Å²) in [7, 11) is 0. The quantitative estimate of drug-likeness (QED) is 0.421. The van der Waals surface area contributed by atoms with Crippen LogP contribution in [0.2, 0.25) is 10.0 Å². The molecule has 4 aromatic rings. The number of nitrogens with zero attached hydrogens (tertiary/aromatic N) is 3. The molecule has 0 bridgehead atoms. The van der Waals surface area contributed by atoms with E-state index in [-0.39, 0.29) is 12.5 Å². The highest BCUT2D eigenvalue weighted by Crippen LogP contribution is 2.27. The number of rotatable bonds is 4. The molecule has 8 heteroatoms. The van der Waals surface area contributed by atoms with Gasteiger partial charge in [-0.05, 0) is 30.3 Å². The number of nitrogens with one attached hydrogen (secondary N) is 1. The molecule has 0 aliphatic carbocycles. The average Bonchev–Trinajstić information content (AvgIpc) is 3.34. The molecule has 1 amide bonds. The maximum absolute atomic E-state index is 12.6. The largest absolute Gasteiger partial charge is 0.323 e. The Hall–Kier alpha value is -2.41. The van der Waals surface area contributed by atoms with E-state index in [9.17, 15) is 4.79 Å². The predicted molar refractivity (Wildman–Crippen MR) is 117 cm³/mol. The van der Waals surface area contributed by atoms with Crippen LogP contribution >= 0.6 is 34.5 Å². The monoisotopic (exact) mass is 432 g/mol. The lowest BCUT2D eigenvalue weighted by Gasteiger charge is -2.10. The zero-order valence-corrected chi connectivity index (χ0v) is 17.6. The van der Waals surface area contributed by atoms with Crippen LogP contribution in [0.3, 0.4) is 0 Å². The van der Waals surface area contributed by atoms with Crippen LogP contribution in [0.5, 0.6) is 0 Å². The van der Waals surface area contributed by atoms with Crippen molar-refractivity contribution in [2.75, 3.05) is 5.32 Å². The van der Waals surface area contributed by atoms with E-state index in [1.807, 2.05) is 48.1 Å². The lowest BCUT2D eigenvalue weighted by Crippen LogP contribution is -2.19. The Bertz CT molecular complexity index is 1090. The van der Waals surface area contributed by atoms with Crippen molar-refractivity contribution in [2.45, 2.75) is 20.4 Å². The summed E-state index contributed by atoms with van der Waals surface area (Å²) < 4.78 is 1.85. The summed E-state index contributed by atoms with van der Waals surface area (Å²) in [6, 6.07) is 12.6. The maximum Gasteiger partial charge on any atom is 0.244 e. The first-order valence-corrected chi connectivity index (χ1v) is 10.4. The first-order chi connectivity index (χ1) is 13.6. The van der Waals surface area contributed by atoms with Gasteiger partial charge in [0.2, 0.25) is 5.91 Å². The second-order valence-electron chi connectivity index (χ2n) is 5.56. The standard InChI is InChI=1S/C18H12Cl2N4OS.C2H6/c19-11-5-6-13(12(20)7-11)22-17(25)8-24-16-4-2-1-3-14(16)23-18(24)15-9-26-10-21-15;1-2/h1-7,9-10H,8H2,(H,22,25);1-2H3. The summed E-state index contributed by atoms with van der Waals surface area (Å²) in [6.07, 6.45) is 0. The summed E-state index contributed by atoms with van der Waals surface area (Å²) >= 11 is 13.5. The minimum atomic E-state index is -0.214. The fraction of sp³-hybridized carbons (Fsp3) is 0.150. The van der Waals surface area contributed by atoms with Gasteiger partial charge in [0, 0.05) is 10.4 Å². The van der Waals surface area contributed by atoms with Gasteiger partial charge in [0.25, 0.3) is 0 Å². The number of benzene rings is 2. The van der Waals surface area contributed by atoms with Crippen molar-refractivity contribution in [3.63, 3.8) is 0 Å². The Morgan fingerprint density at radius 1 is 1.18 bits per heavy atom. The lowest BCUT2D eigenvalue weighted by atomic mass is 10.3. The van der Waals surface area contributed by atoms with Crippen LogP contribution in [-0.4, -0.2) is 20.4 Å². The molecule has 1 N–H and O–H groups in total. The summed E-state index contributed by atoms with van der Waals surface area (Å²) in [4.78, 5) is 21.6. The maximum atomic E-state index is 12.6. The number of fused-ring (bicyclic) bond motifs is 1. The molecule has 2 aromatic heterocycles. The molecule has 0 fully saturated rings. The number of hydrogen-bond acceptors (Lipinski definition) is 4. The number of thiazole rings is 1. The summed E-state index contributed by atoms with van der Waals surface area (Å²) in [5.74, 6) is 0.443. The Morgan fingerprint density at radius 2 is 1.96 bits per heavy atom. The molecule has 0 aliphatic rings. The van der Waals surface area contributed by atoms with Gasteiger partial charge in [-0.25, -0.2) is 9.97 Å². The number of para-hydroxylation sites is 2. The van der Waals surface area contributed by atoms with Gasteiger partial charge in [0.1, 0.15) is 12.2 Å². The van der Waals surface area contributed by atoms with E-state index in [1.54, 1.807) is 23.7 Å². The number of anilines is 1. The van der Waals surface area contributed by atoms with E-state index in [0.717, 1.165) is 16.7 Å². The molecular formula is C20H18Cl2N4OS. The van der Waals surface area contributed by atoms with Crippen molar-refractivity contribution < 1.29 is 4.79 Å². The topological polar surface area (TPSA) is 59.8 Å². The molecule has 0 unspecified atom stereocenters. The number of aromatic nitrogens is 3. The van der Waals surface area contributed by atoms with Crippen molar-refractivity contribution in [2.24, 2.45) is 0 Å². The van der Waals surface area contributed by atoms with Crippen LogP contribution in [0.25, 0.3) is 22.6 Å². The molecular weight excluding hydrogens is 415 g/mol. The normalized spacial score (nSPS) is 10.4. The van der Waals surface area contributed by atoms with Crippen molar-refractivity contribution in [3.8, 4) is 11.5 Å². The third-order valence-corrected chi connectivity index (χ3v) is 4.96. The van der Waals surface area contributed by atoms with Gasteiger partial charge in [-0.1, -0.05) is 49.2 Å². The molecule has 0 saturated carbocycles. The molecule has 0 aliphatic heterocycles. The van der Waals surface area contributed by atoms with E-state index in [2.05, 4.69) is 15.3 Å². The first-order valence-electron chi connectivity index (χ1n) is 8.70. The number of carbonyl (C=O) groups excluding carboxylic acids is 1. The zero-order chi connectivity index (χ0) is 20.1. The highest BCUT2D eigenvalue weighted by molar-refractivity contribution is 7.07. The zero-order valence-electron chi connectivity index (χ0n) is 15.3. The van der Waals surface area contributed by atoms with Gasteiger partial charge in [0.15, 0.2) is 5.82 Å². The van der Waals surface area contributed by atoms with Gasteiger partial charge >= 0.3 is 0 Å². The molecule has 144 valence electrons. The van der Waals surface area contributed by atoms with Crippen molar-refractivity contribution >= 4 is 57.2 Å². The van der Waals surface area contributed by atoms with E-state index in [4.69, 9.17) is 23.2 Å². The number of amides is 1. The molecule has 28 heavy (non-hydrogen) atoms. The summed E-state index contributed by atoms with van der Waals surface area (Å²) in [5.41, 5.74) is 4.68. The smallest absolute Gasteiger partial charge is 0.244 e. The minimum Gasteiger partial charge on any atom is -0.323 e. The number of hydrogen-bond donors (Lipinski definition) is 1. The predicted octanol–water partition coefficient (Wildman–Crippen LogP) is 6.13. The van der Waals surface area contributed by atoms with Crippen LogP contribution < -0.4 is 5.32 Å². The summed E-state index contributed by atoms with van der Waals surface area (Å²) in [5, 5.41) is 5.63. The molecule has 0 radical (unpaired) electrons. The molecule has 5 nitrogen and oxygen atoms in total. The van der Waals surface area contributed by atoms with Crippen LogP contribution in [0.15, 0.2) is 53.4 Å². The SMILES string of the molecule is CC.O=C(Cn1c(-c2cscn2)nc2ccccc21)Nc1ccc(Cl)cc1Cl. The molecule has 0 spiro atoms. The third-order valence-electron chi connectivity index (χ3n) is 3.82. The van der Waals surface area contributed by atoms with Gasteiger partial charge in [-0.3, -0.25) is 4.79 Å². The van der Waals surface area contributed by atoms with Crippen LogP contribution in [0, 0.1) is 0 Å². The second-order valence-corrected chi connectivity index (χ2v) is 7.12. The van der Waals surface area contributed by atoms with Crippen molar-refractivity contribution in [1.29, 1.82) is 0 Å². The summed E-state index contributed by atoms with van der Waals surface area (Å²) in [6.45, 7) is 4.09. The number of halogens is 2. The van der Waals surface area contributed by atoms with E-state index in [1.165, 1.54) is 11.3 Å². The van der Waals surface area contributed by atoms with Crippen LogP contribution in [0.1, 0.15) is 13.8 Å². The molecule has 2 aromatic carbocycles. The first kappa shape index (κ1) is 20.3. The van der Waals surface area contributed by atoms with Gasteiger partial charge < -0.3 is 9.88 Å². The molecule has 2 heterocycles. The van der Waals surface area contributed by atoms with Crippen molar-refractivity contribution in [3.05, 3.63) is 63.4 Å². The molecule has 0 saturated heterocycles. The van der Waals surface area contributed by atoms with E-state index in [0.29, 0.717) is 21.6 Å². The average molecular weight is 433 g/mol. The highest BCUT2D eigenvalue weighted by atomic mass is 35.5. The number of carbonyl (C=O) groups is 1. The molecule has 0 atom stereocenters. The van der Waals surface area contributed by atoms with Gasteiger partial charge in [0.05, 0.1) is 27.3 Å².